The number of nitrogens with zero attached hydrogens (tertiary/aromatic N) is 1. The zero-order valence-corrected chi connectivity index (χ0v) is 22.6. The molecular weight excluding hydrogens is 651 g/mol. The SMILES string of the molecule is CCS(=O)(=O)CCN(c1cc(Br)c(C(=O)c2ccc(F)cc2Cl)cc1Cl)[SH](=O)=O.O=S(=O)(O)O.[NaH]. The summed E-state index contributed by atoms with van der Waals surface area (Å²) in [6, 6.07) is 5.85. The number of benzene rings is 2. The van der Waals surface area contributed by atoms with Crippen molar-refractivity contribution in [3.8, 4) is 0 Å². The molecule has 2 N–H and O–H groups in total. The Balaban J connectivity index is 0.00000175. The summed E-state index contributed by atoms with van der Waals surface area (Å²) in [6.07, 6.45) is 0. The molecular formula is C17H18BrCl2FNNaO9S3. The normalized spacial score (nSPS) is 11.3. The van der Waals surface area contributed by atoms with Gasteiger partial charge >= 0.3 is 40.0 Å². The molecule has 0 aliphatic rings. The number of hydrogen-bond acceptors (Lipinski definition) is 7. The summed E-state index contributed by atoms with van der Waals surface area (Å²) in [5.41, 5.74) is 0.135. The van der Waals surface area contributed by atoms with Crippen molar-refractivity contribution < 1.29 is 43.5 Å². The van der Waals surface area contributed by atoms with Crippen molar-refractivity contribution in [3.63, 3.8) is 0 Å². The Morgan fingerprint density at radius 1 is 1.06 bits per heavy atom. The van der Waals surface area contributed by atoms with E-state index in [0.717, 1.165) is 16.4 Å². The molecule has 18 heteroatoms. The van der Waals surface area contributed by atoms with Crippen LogP contribution in [0.2, 0.25) is 10.0 Å². The fraction of sp³-hybridized carbons (Fsp3) is 0.235. The molecule has 35 heavy (non-hydrogen) atoms. The van der Waals surface area contributed by atoms with Gasteiger partial charge < -0.3 is 0 Å². The third-order valence-electron chi connectivity index (χ3n) is 3.99. The van der Waals surface area contributed by atoms with Crippen molar-refractivity contribution in [2.75, 3.05) is 22.4 Å². The molecule has 0 aromatic heterocycles. The van der Waals surface area contributed by atoms with Gasteiger partial charge in [0.25, 0.3) is 0 Å². The van der Waals surface area contributed by atoms with Gasteiger partial charge in [0.15, 0.2) is 15.6 Å². The van der Waals surface area contributed by atoms with Gasteiger partial charge in [-0.2, -0.15) is 8.42 Å². The number of thiol groups is 1. The number of carbonyl (C=O) groups excluding carboxylic acids is 1. The van der Waals surface area contributed by atoms with Crippen LogP contribution < -0.4 is 4.31 Å². The van der Waals surface area contributed by atoms with Crippen LogP contribution in [0.4, 0.5) is 10.1 Å². The van der Waals surface area contributed by atoms with E-state index in [1.807, 2.05) is 0 Å². The van der Waals surface area contributed by atoms with E-state index in [1.54, 1.807) is 0 Å². The average molecular weight is 669 g/mol. The molecule has 0 spiro atoms. The number of hydrogen-bond donors (Lipinski definition) is 3. The molecule has 0 heterocycles. The minimum atomic E-state index is -4.67. The van der Waals surface area contributed by atoms with E-state index < -0.39 is 42.7 Å². The Morgan fingerprint density at radius 3 is 2.06 bits per heavy atom. The summed E-state index contributed by atoms with van der Waals surface area (Å²) >= 11 is 15.3. The van der Waals surface area contributed by atoms with Crippen LogP contribution in [0.15, 0.2) is 34.8 Å². The Kier molecular flexibility index (Phi) is 14.4. The van der Waals surface area contributed by atoms with E-state index in [4.69, 9.17) is 40.7 Å². The zero-order valence-electron chi connectivity index (χ0n) is 17.0. The summed E-state index contributed by atoms with van der Waals surface area (Å²) in [6.45, 7) is 1.14. The van der Waals surface area contributed by atoms with Gasteiger partial charge in [0, 0.05) is 27.9 Å². The number of sulfone groups is 1. The van der Waals surface area contributed by atoms with Gasteiger partial charge in [0.1, 0.15) is 5.82 Å². The summed E-state index contributed by atoms with van der Waals surface area (Å²) in [7, 11) is -11.3. The average Bonchev–Trinajstić information content (AvgIpc) is 2.68. The third-order valence-corrected chi connectivity index (χ3v) is 7.75. The van der Waals surface area contributed by atoms with Crippen LogP contribution in [-0.4, -0.2) is 87.7 Å². The van der Waals surface area contributed by atoms with E-state index >= 15 is 0 Å². The van der Waals surface area contributed by atoms with E-state index in [9.17, 15) is 26.0 Å². The molecule has 0 aliphatic carbocycles. The van der Waals surface area contributed by atoms with Crippen molar-refractivity contribution in [1.29, 1.82) is 0 Å². The van der Waals surface area contributed by atoms with E-state index in [-0.39, 0.29) is 78.9 Å². The second-order valence-electron chi connectivity index (χ2n) is 6.28. The first kappa shape index (κ1) is 34.7. The van der Waals surface area contributed by atoms with Crippen molar-refractivity contribution in [1.82, 2.24) is 0 Å². The fourth-order valence-corrected chi connectivity index (χ4v) is 4.97. The molecule has 0 aliphatic heterocycles. The van der Waals surface area contributed by atoms with Crippen molar-refractivity contribution >= 4 is 111 Å². The molecule has 0 fully saturated rings. The zero-order chi connectivity index (χ0) is 26.4. The van der Waals surface area contributed by atoms with Gasteiger partial charge in [0.05, 0.1) is 21.5 Å². The Labute approximate surface area is 243 Å². The van der Waals surface area contributed by atoms with Crippen LogP contribution in [0.25, 0.3) is 0 Å². The molecule has 10 nitrogen and oxygen atoms in total. The number of rotatable bonds is 8. The third kappa shape index (κ3) is 11.7. The van der Waals surface area contributed by atoms with E-state index in [1.165, 1.54) is 25.1 Å². The Morgan fingerprint density at radius 2 is 1.60 bits per heavy atom. The molecule has 192 valence electrons. The second-order valence-corrected chi connectivity index (χ2v) is 12.3. The number of halogens is 4. The van der Waals surface area contributed by atoms with Gasteiger partial charge in [0.2, 0.25) is 10.9 Å². The fourth-order valence-electron chi connectivity index (χ4n) is 2.39. The van der Waals surface area contributed by atoms with Gasteiger partial charge in [-0.25, -0.2) is 21.2 Å². The monoisotopic (exact) mass is 667 g/mol. The molecule has 0 saturated carbocycles. The Bertz CT molecular complexity index is 1360. The maximum absolute atomic E-state index is 13.2. The van der Waals surface area contributed by atoms with E-state index in [2.05, 4.69) is 15.9 Å². The second kappa shape index (κ2) is 14.6. The summed E-state index contributed by atoms with van der Waals surface area (Å²) in [5.74, 6) is -1.66. The molecule has 2 rings (SSSR count). The number of anilines is 1. The molecule has 0 saturated heterocycles. The first-order valence-electron chi connectivity index (χ1n) is 8.77. The van der Waals surface area contributed by atoms with Crippen molar-refractivity contribution in [2.24, 2.45) is 0 Å². The summed E-state index contributed by atoms with van der Waals surface area (Å²) in [4.78, 5) is 12.8. The predicted octanol–water partition coefficient (Wildman–Crippen LogP) is 2.59. The van der Waals surface area contributed by atoms with Crippen LogP contribution in [0.1, 0.15) is 22.8 Å². The summed E-state index contributed by atoms with van der Waals surface area (Å²) < 4.78 is 92.6. The van der Waals surface area contributed by atoms with Crippen LogP contribution in [-0.2, 0) is 31.1 Å². The molecule has 2 aromatic rings. The van der Waals surface area contributed by atoms with Crippen LogP contribution in [0.5, 0.6) is 0 Å². The van der Waals surface area contributed by atoms with Crippen LogP contribution >= 0.6 is 39.1 Å². The number of carbonyl (C=O) groups is 1. The quantitative estimate of drug-likeness (QED) is 0.166. The van der Waals surface area contributed by atoms with E-state index in [0.29, 0.717) is 0 Å². The van der Waals surface area contributed by atoms with Crippen LogP contribution in [0, 0.1) is 5.82 Å². The van der Waals surface area contributed by atoms with Gasteiger partial charge in [-0.15, -0.1) is 0 Å². The molecule has 0 radical (unpaired) electrons. The van der Waals surface area contributed by atoms with Crippen molar-refractivity contribution in [3.05, 3.63) is 61.8 Å². The Hall–Kier alpha value is -0.330. The standard InChI is InChI=1S/C17H15BrCl2FNO5S2.Na.H2O4S.H/c1-2-29(26,27)6-5-22(28(24)25)16-9-13(18)12(8-15(16)20)17(23)11-4-3-10(21)7-14(11)19;;1-5(2,3)4;/h3-4,7-9,28H,2,5-6H2,1H3;;(H2,1,2,3,4);. The van der Waals surface area contributed by atoms with Gasteiger partial charge in [-0.05, 0) is 46.3 Å². The van der Waals surface area contributed by atoms with Gasteiger partial charge in [-0.3, -0.25) is 18.2 Å². The number of ketones is 1. The topological polar surface area (TPSA) is 163 Å². The molecule has 0 atom stereocenters. The minimum absolute atomic E-state index is 0. The first-order chi connectivity index (χ1) is 15.5. The molecule has 2 aromatic carbocycles. The molecule has 0 bridgehead atoms. The predicted molar refractivity (Wildman–Crippen MR) is 137 cm³/mol. The molecule has 0 unspecified atom stereocenters. The summed E-state index contributed by atoms with van der Waals surface area (Å²) in [5, 5.41) is -0.168. The van der Waals surface area contributed by atoms with Gasteiger partial charge in [-0.1, -0.05) is 30.1 Å². The van der Waals surface area contributed by atoms with Crippen molar-refractivity contribution in [2.45, 2.75) is 6.92 Å². The molecule has 0 amide bonds. The van der Waals surface area contributed by atoms with Crippen LogP contribution in [0.3, 0.4) is 0 Å². The first-order valence-corrected chi connectivity index (χ1v) is 14.7. The maximum atomic E-state index is 13.2.